The third-order valence-electron chi connectivity index (χ3n) is 5.45. The molecule has 3 amide bonds. The molecule has 0 bridgehead atoms. The molecule has 1 aromatic rings. The van der Waals surface area contributed by atoms with Crippen molar-refractivity contribution >= 4 is 46.9 Å². The van der Waals surface area contributed by atoms with Gasteiger partial charge in [0.25, 0.3) is 0 Å². The van der Waals surface area contributed by atoms with Gasteiger partial charge < -0.3 is 9.64 Å². The van der Waals surface area contributed by atoms with Crippen LogP contribution in [0.15, 0.2) is 18.2 Å². The van der Waals surface area contributed by atoms with Crippen molar-refractivity contribution in [2.24, 2.45) is 5.92 Å². The number of halogens is 1. The fraction of sp³-hybridized carbons (Fsp3) is 0.619. The van der Waals surface area contributed by atoms with Crippen LogP contribution < -0.4 is 10.1 Å². The number of carbonyl (C=O) groups excluding carboxylic acids is 2. The van der Waals surface area contributed by atoms with Crippen LogP contribution in [-0.2, 0) is 14.6 Å². The summed E-state index contributed by atoms with van der Waals surface area (Å²) in [5.41, 5.74) is 0.901. The van der Waals surface area contributed by atoms with Crippen molar-refractivity contribution in [3.63, 3.8) is 0 Å². The number of nitrogens with one attached hydrogen (secondary N) is 1. The van der Waals surface area contributed by atoms with Crippen LogP contribution in [0, 0.1) is 5.92 Å². The lowest BCUT2D eigenvalue weighted by Gasteiger charge is -2.15. The first kappa shape index (κ1) is 25.8. The predicted molar refractivity (Wildman–Crippen MR) is 126 cm³/mol. The summed E-state index contributed by atoms with van der Waals surface area (Å²) in [6, 6.07) is 5.11. The van der Waals surface area contributed by atoms with Crippen LogP contribution >= 0.6 is 25.1 Å². The molecule has 1 aliphatic heterocycles. The van der Waals surface area contributed by atoms with Gasteiger partial charge in [0.15, 0.2) is 9.84 Å². The van der Waals surface area contributed by atoms with Crippen molar-refractivity contribution in [1.29, 1.82) is 0 Å². The van der Waals surface area contributed by atoms with E-state index in [4.69, 9.17) is 16.3 Å². The Labute approximate surface area is 196 Å². The molecule has 0 aromatic heterocycles. The number of urea groups is 1. The molecule has 7 nitrogen and oxygen atoms in total. The van der Waals surface area contributed by atoms with Gasteiger partial charge in [-0.3, -0.25) is 10.1 Å². The number of sulfone groups is 1. The van der Waals surface area contributed by atoms with E-state index in [9.17, 15) is 18.0 Å². The SMILES string of the molecule is C[C@H](CS(=O)(=O)CCCCCN1CC(=O)NC1=O)c1ccc(Cl)c(OCC2CC2)c1.S. The molecular weight excluding hydrogens is 460 g/mol. The Bertz CT molecular complexity index is 890. The van der Waals surface area contributed by atoms with E-state index in [0.717, 1.165) is 5.56 Å². The summed E-state index contributed by atoms with van der Waals surface area (Å²) < 4.78 is 30.8. The molecule has 1 aliphatic carbocycles. The van der Waals surface area contributed by atoms with E-state index in [-0.39, 0.29) is 49.4 Å². The van der Waals surface area contributed by atoms with Crippen LogP contribution in [0.25, 0.3) is 0 Å². The number of benzene rings is 1. The minimum atomic E-state index is -3.21. The number of rotatable bonds is 12. The van der Waals surface area contributed by atoms with E-state index in [1.807, 2.05) is 19.1 Å². The molecule has 1 N–H and O–H groups in total. The van der Waals surface area contributed by atoms with E-state index < -0.39 is 9.84 Å². The standard InChI is InChI=1S/C21H29ClN2O5S.H2S/c1-15(17-7-8-18(22)19(11-17)29-13-16-5-6-16)14-30(27,28)10-4-2-3-9-24-12-20(25)23-21(24)26;/h7-8,11,15-16H,2-6,9-10,12-14H2,1H3,(H,23,25,26);1H2/t15-;/m1./s1. The second-order valence-corrected chi connectivity index (χ2v) is 10.9. The summed E-state index contributed by atoms with van der Waals surface area (Å²) in [5, 5.41) is 2.77. The first-order chi connectivity index (χ1) is 14.2. The fourth-order valence-electron chi connectivity index (χ4n) is 3.45. The molecule has 31 heavy (non-hydrogen) atoms. The smallest absolute Gasteiger partial charge is 0.324 e. The number of hydrogen-bond donors (Lipinski definition) is 1. The fourth-order valence-corrected chi connectivity index (χ4v) is 5.39. The van der Waals surface area contributed by atoms with Crippen molar-refractivity contribution in [3.05, 3.63) is 28.8 Å². The van der Waals surface area contributed by atoms with E-state index in [2.05, 4.69) is 5.32 Å². The quantitative estimate of drug-likeness (QED) is 0.357. The highest BCUT2D eigenvalue weighted by atomic mass is 35.5. The molecule has 0 unspecified atom stereocenters. The lowest BCUT2D eigenvalue weighted by Crippen LogP contribution is -2.29. The summed E-state index contributed by atoms with van der Waals surface area (Å²) in [4.78, 5) is 24.1. The van der Waals surface area contributed by atoms with Crippen LogP contribution in [0.2, 0.25) is 5.02 Å². The zero-order valence-electron chi connectivity index (χ0n) is 17.7. The van der Waals surface area contributed by atoms with Crippen molar-refractivity contribution in [3.8, 4) is 5.75 Å². The summed E-state index contributed by atoms with van der Waals surface area (Å²) in [7, 11) is -3.21. The lowest BCUT2D eigenvalue weighted by molar-refractivity contribution is -0.118. The minimum Gasteiger partial charge on any atom is -0.492 e. The topological polar surface area (TPSA) is 92.8 Å². The van der Waals surface area contributed by atoms with Gasteiger partial charge in [0.05, 0.1) is 23.1 Å². The zero-order valence-corrected chi connectivity index (χ0v) is 20.3. The molecule has 0 spiro atoms. The number of amides is 3. The second kappa shape index (κ2) is 11.4. The van der Waals surface area contributed by atoms with E-state index in [0.29, 0.717) is 49.1 Å². The van der Waals surface area contributed by atoms with Gasteiger partial charge in [-0.25, -0.2) is 13.2 Å². The molecule has 0 radical (unpaired) electrons. The van der Waals surface area contributed by atoms with Crippen molar-refractivity contribution < 1.29 is 22.7 Å². The van der Waals surface area contributed by atoms with E-state index in [1.54, 1.807) is 6.07 Å². The van der Waals surface area contributed by atoms with E-state index >= 15 is 0 Å². The van der Waals surface area contributed by atoms with Gasteiger partial charge in [0.1, 0.15) is 12.3 Å². The molecule has 3 rings (SSSR count). The number of imide groups is 1. The molecule has 10 heteroatoms. The molecule has 2 aliphatic rings. The number of nitrogens with zero attached hydrogens (tertiary/aromatic N) is 1. The first-order valence-corrected chi connectivity index (χ1v) is 12.6. The van der Waals surface area contributed by atoms with Crippen LogP contribution in [-0.4, -0.2) is 56.5 Å². The van der Waals surface area contributed by atoms with Crippen molar-refractivity contribution in [2.75, 3.05) is 31.2 Å². The molecule has 1 saturated carbocycles. The average Bonchev–Trinajstić information content (AvgIpc) is 3.44. The Balaban J connectivity index is 0.00000341. The van der Waals surface area contributed by atoms with Gasteiger partial charge in [-0.1, -0.05) is 31.0 Å². The largest absolute Gasteiger partial charge is 0.492 e. The Kier molecular flexibility index (Phi) is 9.51. The average molecular weight is 491 g/mol. The normalized spacial score (nSPS) is 17.3. The molecule has 1 atom stereocenters. The Morgan fingerprint density at radius 1 is 1.23 bits per heavy atom. The Morgan fingerprint density at radius 2 is 1.97 bits per heavy atom. The van der Waals surface area contributed by atoms with Gasteiger partial charge in [-0.2, -0.15) is 13.5 Å². The maximum Gasteiger partial charge on any atom is 0.324 e. The molecule has 1 heterocycles. The van der Waals surface area contributed by atoms with Gasteiger partial charge in [-0.15, -0.1) is 0 Å². The van der Waals surface area contributed by atoms with Crippen LogP contribution in [0.4, 0.5) is 4.79 Å². The summed E-state index contributed by atoms with van der Waals surface area (Å²) in [6.45, 7) is 3.10. The van der Waals surface area contributed by atoms with Gasteiger partial charge in [-0.05, 0) is 55.2 Å². The molecule has 1 saturated heterocycles. The van der Waals surface area contributed by atoms with Gasteiger partial charge >= 0.3 is 6.03 Å². The van der Waals surface area contributed by atoms with Crippen LogP contribution in [0.5, 0.6) is 5.75 Å². The third-order valence-corrected chi connectivity index (χ3v) is 7.68. The second-order valence-electron chi connectivity index (χ2n) is 8.30. The maximum atomic E-state index is 12.5. The molecule has 2 fully saturated rings. The zero-order chi connectivity index (χ0) is 21.7. The summed E-state index contributed by atoms with van der Waals surface area (Å²) in [6.07, 6.45) is 4.27. The van der Waals surface area contributed by atoms with Gasteiger partial charge in [0.2, 0.25) is 5.91 Å². The molecule has 1 aromatic carbocycles. The highest BCUT2D eigenvalue weighted by molar-refractivity contribution is 7.91. The van der Waals surface area contributed by atoms with Crippen LogP contribution in [0.3, 0.4) is 0 Å². The monoisotopic (exact) mass is 490 g/mol. The molecular formula is C21H31ClN2O5S2. The summed E-state index contributed by atoms with van der Waals surface area (Å²) >= 11 is 6.21. The van der Waals surface area contributed by atoms with Crippen LogP contribution in [0.1, 0.15) is 50.5 Å². The maximum absolute atomic E-state index is 12.5. The highest BCUT2D eigenvalue weighted by Crippen LogP contribution is 2.33. The summed E-state index contributed by atoms with van der Waals surface area (Å²) in [5.74, 6) is 0.966. The predicted octanol–water partition coefficient (Wildman–Crippen LogP) is 3.48. The number of unbranched alkanes of at least 4 members (excludes halogenated alkanes) is 2. The van der Waals surface area contributed by atoms with Crippen molar-refractivity contribution in [2.45, 2.75) is 44.9 Å². The van der Waals surface area contributed by atoms with Crippen molar-refractivity contribution in [1.82, 2.24) is 10.2 Å². The number of ether oxygens (including phenoxy) is 1. The minimum absolute atomic E-state index is 0. The third kappa shape index (κ3) is 8.20. The first-order valence-electron chi connectivity index (χ1n) is 10.4. The highest BCUT2D eigenvalue weighted by Gasteiger charge is 2.26. The van der Waals surface area contributed by atoms with Gasteiger partial charge in [0, 0.05) is 6.54 Å². The Hall–Kier alpha value is -1.45. The lowest BCUT2D eigenvalue weighted by atomic mass is 10.0. The Morgan fingerprint density at radius 3 is 2.61 bits per heavy atom. The molecule has 174 valence electrons. The number of hydrogen-bond acceptors (Lipinski definition) is 5. The van der Waals surface area contributed by atoms with E-state index in [1.165, 1.54) is 17.7 Å². The number of carbonyl (C=O) groups is 2.